The zero-order chi connectivity index (χ0) is 14.5. The number of hydrogen-bond donors (Lipinski definition) is 1. The number of pyridine rings is 1. The van der Waals surface area contributed by atoms with Gasteiger partial charge in [-0.05, 0) is 17.7 Å². The molecule has 0 spiro atoms. The smallest absolute Gasteiger partial charge is 0.142 e. The average molecular weight is 278 g/mol. The molecule has 4 nitrogen and oxygen atoms in total. The lowest BCUT2D eigenvalue weighted by Crippen LogP contribution is -1.91. The topological polar surface area (TPSA) is 54.7 Å². The van der Waals surface area contributed by atoms with Crippen LogP contribution in [0.2, 0.25) is 0 Å². The van der Waals surface area contributed by atoms with Gasteiger partial charge in [0.25, 0.3) is 0 Å². The Morgan fingerprint density at radius 1 is 1.00 bits per heavy atom. The van der Waals surface area contributed by atoms with Gasteiger partial charge in [0.05, 0.1) is 11.9 Å². The number of aromatic nitrogens is 1. The number of fused-ring (bicyclic) bond motifs is 1. The molecule has 0 atom stereocenters. The molecular formula is C17H14N2O2. The van der Waals surface area contributed by atoms with Crippen molar-refractivity contribution in [2.45, 2.75) is 6.61 Å². The quantitative estimate of drug-likeness (QED) is 0.587. The van der Waals surface area contributed by atoms with Gasteiger partial charge in [-0.25, -0.2) is 4.98 Å². The molecule has 21 heavy (non-hydrogen) atoms. The van der Waals surface area contributed by atoms with Crippen molar-refractivity contribution >= 4 is 17.1 Å². The Morgan fingerprint density at radius 3 is 2.71 bits per heavy atom. The van der Waals surface area contributed by atoms with Crippen molar-refractivity contribution in [3.63, 3.8) is 0 Å². The first kappa shape index (κ1) is 13.1. The average Bonchev–Trinajstić information content (AvgIpc) is 2.53. The summed E-state index contributed by atoms with van der Waals surface area (Å²) in [6, 6.07) is 18.8. The van der Waals surface area contributed by atoms with E-state index in [2.05, 4.69) is 10.1 Å². The predicted octanol–water partition coefficient (Wildman–Crippen LogP) is 3.49. The van der Waals surface area contributed by atoms with Gasteiger partial charge >= 0.3 is 0 Å². The second-order valence-electron chi connectivity index (χ2n) is 4.58. The van der Waals surface area contributed by atoms with E-state index in [-0.39, 0.29) is 5.75 Å². The zero-order valence-corrected chi connectivity index (χ0v) is 11.3. The Hall–Kier alpha value is -2.88. The second kappa shape index (κ2) is 6.05. The maximum atomic E-state index is 9.78. The van der Waals surface area contributed by atoms with E-state index in [9.17, 15) is 5.11 Å². The summed E-state index contributed by atoms with van der Waals surface area (Å²) in [5.41, 5.74) is 2.25. The predicted molar refractivity (Wildman–Crippen MR) is 82.2 cm³/mol. The number of para-hydroxylation sites is 1. The Labute approximate surface area is 122 Å². The minimum atomic E-state index is 0.160. The molecular weight excluding hydrogens is 264 g/mol. The summed E-state index contributed by atoms with van der Waals surface area (Å²) in [6.45, 7) is 0.413. The standard InChI is InChI=1S/C17H14N2O2/c20-16-8-4-7-14-9-10-15(19-17(14)16)11-18-21-12-13-5-2-1-3-6-13/h1-11,20H,12H2/b18-11+. The van der Waals surface area contributed by atoms with Crippen LogP contribution in [0, 0.1) is 0 Å². The second-order valence-corrected chi connectivity index (χ2v) is 4.58. The van der Waals surface area contributed by atoms with Crippen LogP contribution in [0.4, 0.5) is 0 Å². The van der Waals surface area contributed by atoms with Gasteiger partial charge in [-0.15, -0.1) is 0 Å². The fraction of sp³-hybridized carbons (Fsp3) is 0.0588. The van der Waals surface area contributed by atoms with Crippen LogP contribution in [0.25, 0.3) is 10.9 Å². The van der Waals surface area contributed by atoms with E-state index in [4.69, 9.17) is 4.84 Å². The van der Waals surface area contributed by atoms with Crippen LogP contribution in [-0.2, 0) is 11.4 Å². The molecule has 0 bridgehead atoms. The van der Waals surface area contributed by atoms with Crippen molar-refractivity contribution in [1.29, 1.82) is 0 Å². The van der Waals surface area contributed by atoms with Crippen LogP contribution in [-0.4, -0.2) is 16.3 Å². The summed E-state index contributed by atoms with van der Waals surface area (Å²) in [6.07, 6.45) is 1.54. The van der Waals surface area contributed by atoms with Crippen LogP contribution >= 0.6 is 0 Å². The van der Waals surface area contributed by atoms with E-state index < -0.39 is 0 Å². The first-order valence-corrected chi connectivity index (χ1v) is 6.61. The van der Waals surface area contributed by atoms with Crippen molar-refractivity contribution in [3.05, 3.63) is 71.9 Å². The highest BCUT2D eigenvalue weighted by molar-refractivity contribution is 5.88. The van der Waals surface area contributed by atoms with Crippen molar-refractivity contribution in [2.24, 2.45) is 5.16 Å². The molecule has 1 aromatic heterocycles. The lowest BCUT2D eigenvalue weighted by Gasteiger charge is -2.01. The van der Waals surface area contributed by atoms with Gasteiger partial charge in [0, 0.05) is 5.39 Å². The molecule has 0 fully saturated rings. The Bertz CT molecular complexity index is 770. The molecule has 0 saturated heterocycles. The van der Waals surface area contributed by atoms with Crippen LogP contribution < -0.4 is 0 Å². The number of phenols is 1. The maximum absolute atomic E-state index is 9.78. The summed E-state index contributed by atoms with van der Waals surface area (Å²) < 4.78 is 0. The van der Waals surface area contributed by atoms with Crippen LogP contribution in [0.5, 0.6) is 5.75 Å². The number of oxime groups is 1. The van der Waals surface area contributed by atoms with Gasteiger partial charge in [-0.2, -0.15) is 0 Å². The molecule has 0 radical (unpaired) electrons. The third-order valence-electron chi connectivity index (χ3n) is 3.05. The minimum Gasteiger partial charge on any atom is -0.506 e. The van der Waals surface area contributed by atoms with Gasteiger partial charge in [0.1, 0.15) is 17.9 Å². The summed E-state index contributed by atoms with van der Waals surface area (Å²) in [4.78, 5) is 9.57. The van der Waals surface area contributed by atoms with E-state index in [1.807, 2.05) is 48.5 Å². The van der Waals surface area contributed by atoms with Crippen molar-refractivity contribution < 1.29 is 9.94 Å². The number of aromatic hydroxyl groups is 1. The molecule has 104 valence electrons. The Balaban J connectivity index is 1.70. The van der Waals surface area contributed by atoms with Crippen LogP contribution in [0.15, 0.2) is 65.8 Å². The van der Waals surface area contributed by atoms with E-state index in [0.717, 1.165) is 10.9 Å². The number of nitrogens with zero attached hydrogens (tertiary/aromatic N) is 2. The Kier molecular flexibility index (Phi) is 3.78. The molecule has 0 saturated carbocycles. The molecule has 0 aliphatic rings. The molecule has 0 amide bonds. The highest BCUT2D eigenvalue weighted by Gasteiger charge is 2.01. The third-order valence-corrected chi connectivity index (χ3v) is 3.05. The molecule has 3 aromatic rings. The highest BCUT2D eigenvalue weighted by atomic mass is 16.6. The molecule has 1 heterocycles. The fourth-order valence-corrected chi connectivity index (χ4v) is 2.00. The number of benzene rings is 2. The third kappa shape index (κ3) is 3.17. The van der Waals surface area contributed by atoms with Crippen molar-refractivity contribution in [3.8, 4) is 5.75 Å². The van der Waals surface area contributed by atoms with Gasteiger partial charge in [0.15, 0.2) is 0 Å². The van der Waals surface area contributed by atoms with E-state index in [0.29, 0.717) is 17.8 Å². The fourth-order valence-electron chi connectivity index (χ4n) is 2.00. The molecule has 0 aliphatic heterocycles. The first-order chi connectivity index (χ1) is 10.3. The molecule has 0 aliphatic carbocycles. The summed E-state index contributed by atoms with van der Waals surface area (Å²) >= 11 is 0. The van der Waals surface area contributed by atoms with E-state index in [1.54, 1.807) is 12.1 Å². The van der Waals surface area contributed by atoms with Gasteiger partial charge in [-0.1, -0.05) is 53.7 Å². The highest BCUT2D eigenvalue weighted by Crippen LogP contribution is 2.21. The van der Waals surface area contributed by atoms with Gasteiger partial charge < -0.3 is 9.94 Å². The SMILES string of the molecule is Oc1cccc2ccc(/C=N/OCc3ccccc3)nc12. The lowest BCUT2D eigenvalue weighted by atomic mass is 10.2. The molecule has 1 N–H and O–H groups in total. The summed E-state index contributed by atoms with van der Waals surface area (Å²) in [7, 11) is 0. The molecule has 3 rings (SSSR count). The zero-order valence-electron chi connectivity index (χ0n) is 11.3. The number of rotatable bonds is 4. The number of phenolic OH excluding ortho intramolecular Hbond substituents is 1. The molecule has 0 unspecified atom stereocenters. The minimum absolute atomic E-state index is 0.160. The van der Waals surface area contributed by atoms with Crippen LogP contribution in [0.3, 0.4) is 0 Å². The number of hydrogen-bond acceptors (Lipinski definition) is 4. The maximum Gasteiger partial charge on any atom is 0.142 e. The van der Waals surface area contributed by atoms with Gasteiger partial charge in [0.2, 0.25) is 0 Å². The lowest BCUT2D eigenvalue weighted by molar-refractivity contribution is 0.132. The van der Waals surface area contributed by atoms with Crippen LogP contribution in [0.1, 0.15) is 11.3 Å². The summed E-state index contributed by atoms with van der Waals surface area (Å²) in [5.74, 6) is 0.160. The largest absolute Gasteiger partial charge is 0.506 e. The van der Waals surface area contributed by atoms with Crippen molar-refractivity contribution in [2.75, 3.05) is 0 Å². The van der Waals surface area contributed by atoms with E-state index in [1.165, 1.54) is 6.21 Å². The first-order valence-electron chi connectivity index (χ1n) is 6.61. The van der Waals surface area contributed by atoms with Crippen molar-refractivity contribution in [1.82, 2.24) is 4.98 Å². The Morgan fingerprint density at radius 2 is 1.86 bits per heavy atom. The van der Waals surface area contributed by atoms with E-state index >= 15 is 0 Å². The van der Waals surface area contributed by atoms with Gasteiger partial charge in [-0.3, -0.25) is 0 Å². The molecule has 4 heteroatoms. The molecule has 2 aromatic carbocycles. The summed E-state index contributed by atoms with van der Waals surface area (Å²) in [5, 5.41) is 14.6. The monoisotopic (exact) mass is 278 g/mol. The normalized spacial score (nSPS) is 11.0.